The summed E-state index contributed by atoms with van der Waals surface area (Å²) in [5.74, 6) is 0.832. The van der Waals surface area contributed by atoms with Crippen molar-refractivity contribution in [2.24, 2.45) is 5.92 Å². The van der Waals surface area contributed by atoms with E-state index >= 15 is 0 Å². The average Bonchev–Trinajstić information content (AvgIpc) is 3.74. The van der Waals surface area contributed by atoms with Gasteiger partial charge >= 0.3 is 0 Å². The van der Waals surface area contributed by atoms with Crippen molar-refractivity contribution in [3.8, 4) is 5.30 Å². The van der Waals surface area contributed by atoms with E-state index in [1.165, 1.54) is 107 Å². The number of anilines is 4. The third kappa shape index (κ3) is 5.62. The highest BCUT2D eigenvalue weighted by molar-refractivity contribution is 7.67. The van der Waals surface area contributed by atoms with Gasteiger partial charge in [-0.3, -0.25) is 0 Å². The van der Waals surface area contributed by atoms with Crippen molar-refractivity contribution in [3.63, 3.8) is 0 Å². The highest BCUT2D eigenvalue weighted by Crippen LogP contribution is 2.57. The molecule has 8 aromatic rings. The van der Waals surface area contributed by atoms with Crippen molar-refractivity contribution in [2.75, 3.05) is 16.3 Å². The molecule has 0 N–H and O–H groups in total. The molecule has 60 heavy (non-hydrogen) atoms. The van der Waals surface area contributed by atoms with Gasteiger partial charge in [0.25, 0.3) is 0 Å². The Bertz CT molecular complexity index is 3060. The molecule has 0 radical (unpaired) electrons. The summed E-state index contributed by atoms with van der Waals surface area (Å²) in [6.45, 7) is 6.00. The molecule has 12 rings (SSSR count). The van der Waals surface area contributed by atoms with Gasteiger partial charge in [0.05, 0.1) is 0 Å². The molecule has 0 saturated carbocycles. The zero-order chi connectivity index (χ0) is 40.0. The number of aryl methyl sites for hydroxylation is 1. The van der Waals surface area contributed by atoms with Gasteiger partial charge in [0.15, 0.2) is 0 Å². The van der Waals surface area contributed by atoms with Crippen LogP contribution in [0.4, 0.5) is 22.7 Å². The third-order valence-electron chi connectivity index (χ3n) is 14.0. The molecule has 0 amide bonds. The van der Waals surface area contributed by atoms with Crippen LogP contribution in [0.5, 0.6) is 0 Å². The number of fused-ring (bicyclic) bond motifs is 9. The summed E-state index contributed by atoms with van der Waals surface area (Å²) in [7, 11) is -0.670. The lowest BCUT2D eigenvalue weighted by Crippen LogP contribution is -2.32. The first kappa shape index (κ1) is 35.6. The van der Waals surface area contributed by atoms with Gasteiger partial charge in [-0.25, -0.2) is 0 Å². The third-order valence-corrected chi connectivity index (χ3v) is 16.5. The number of hydrogen-bond acceptors (Lipinski definition) is 2. The van der Waals surface area contributed by atoms with Gasteiger partial charge in [-0.2, -0.15) is 0 Å². The van der Waals surface area contributed by atoms with Crippen molar-refractivity contribution in [1.82, 2.24) is 0 Å². The molecular formula is C57H47N2P. The summed E-state index contributed by atoms with van der Waals surface area (Å²) in [5.41, 5.74) is 16.2. The zero-order valence-electron chi connectivity index (χ0n) is 34.2. The molecule has 3 unspecified atom stereocenters. The minimum Gasteiger partial charge on any atom is -0.342 e. The Kier molecular flexibility index (Phi) is 8.23. The number of benzene rings is 7. The average molecular weight is 791 g/mol. The minimum absolute atomic E-state index is 0.0220. The molecular weight excluding hydrogens is 744 g/mol. The molecule has 2 nitrogen and oxygen atoms in total. The molecule has 0 saturated heterocycles. The zero-order valence-corrected chi connectivity index (χ0v) is 35.1. The molecule has 3 heterocycles. The number of hydrogen-bond donors (Lipinski definition) is 0. The molecule has 0 fully saturated rings. The Labute approximate surface area is 354 Å². The Morgan fingerprint density at radius 2 is 1.25 bits per heavy atom. The van der Waals surface area contributed by atoms with Crippen molar-refractivity contribution in [1.29, 1.82) is 0 Å². The summed E-state index contributed by atoms with van der Waals surface area (Å²) < 4.78 is 0. The molecule has 3 atom stereocenters. The number of nitrogens with zero attached hydrogens (tertiary/aromatic N) is 2. The summed E-state index contributed by atoms with van der Waals surface area (Å²) in [5, 5.41) is 6.98. The first-order chi connectivity index (χ1) is 29.5. The molecule has 290 valence electrons. The molecule has 0 bridgehead atoms. The van der Waals surface area contributed by atoms with Gasteiger partial charge in [0.2, 0.25) is 0 Å². The summed E-state index contributed by atoms with van der Waals surface area (Å²) in [6, 6.07) is 59.5. The van der Waals surface area contributed by atoms with Crippen LogP contribution in [0.25, 0.3) is 38.5 Å². The topological polar surface area (TPSA) is 6.48 Å². The fourth-order valence-electron chi connectivity index (χ4n) is 11.0. The van der Waals surface area contributed by atoms with E-state index in [2.05, 4.69) is 212 Å². The van der Waals surface area contributed by atoms with Crippen LogP contribution in [0.2, 0.25) is 0 Å². The first-order valence-corrected chi connectivity index (χ1v) is 23.0. The Morgan fingerprint density at radius 3 is 2.02 bits per heavy atom. The van der Waals surface area contributed by atoms with Crippen molar-refractivity contribution >= 4 is 63.4 Å². The fourth-order valence-corrected chi connectivity index (χ4v) is 13.6. The number of para-hydroxylation sites is 3. The highest BCUT2D eigenvalue weighted by atomic mass is 31.1. The monoisotopic (exact) mass is 790 g/mol. The largest absolute Gasteiger partial charge is 0.342 e. The van der Waals surface area contributed by atoms with Crippen LogP contribution in [0.15, 0.2) is 182 Å². The van der Waals surface area contributed by atoms with Crippen LogP contribution in [-0.4, -0.2) is 6.54 Å². The second-order valence-electron chi connectivity index (χ2n) is 17.7. The van der Waals surface area contributed by atoms with E-state index < -0.39 is 7.53 Å². The maximum atomic E-state index is 2.59. The second kappa shape index (κ2) is 13.9. The fraction of sp³-hybridized carbons (Fsp3) is 0.158. The van der Waals surface area contributed by atoms with E-state index in [0.717, 1.165) is 13.0 Å². The molecule has 7 aromatic carbocycles. The van der Waals surface area contributed by atoms with E-state index in [1.54, 1.807) is 0 Å². The van der Waals surface area contributed by atoms with Gasteiger partial charge in [-0.05, 0) is 134 Å². The predicted octanol–water partition coefficient (Wildman–Crippen LogP) is 15.4. The Hall–Kier alpha value is -6.34. The van der Waals surface area contributed by atoms with Crippen LogP contribution >= 0.6 is 7.53 Å². The van der Waals surface area contributed by atoms with Gasteiger partial charge in [0, 0.05) is 57.6 Å². The number of allylic oxidation sites excluding steroid dienone is 3. The SMILES string of the molecule is CC1(C)c2cc(/C=C/c3ccc4c(c3)c3cc(N5c6ccccc6Cc6ccccc65)ccc3p4-c3ccccc3)ccc2C2C=CC(N3CCCc4ccccc43)=CC21. The van der Waals surface area contributed by atoms with E-state index in [0.29, 0.717) is 11.8 Å². The lowest BCUT2D eigenvalue weighted by Gasteiger charge is -2.37. The van der Waals surface area contributed by atoms with E-state index in [-0.39, 0.29) is 5.41 Å². The van der Waals surface area contributed by atoms with Crippen molar-refractivity contribution < 1.29 is 0 Å². The minimum atomic E-state index is -0.670. The highest BCUT2D eigenvalue weighted by Gasteiger charge is 2.45. The molecule has 0 spiro atoms. The van der Waals surface area contributed by atoms with Crippen molar-refractivity contribution in [3.05, 3.63) is 221 Å². The normalized spacial score (nSPS) is 18.9. The Morgan fingerprint density at radius 1 is 0.617 bits per heavy atom. The van der Waals surface area contributed by atoms with Crippen LogP contribution in [0.3, 0.4) is 0 Å². The van der Waals surface area contributed by atoms with E-state index in [9.17, 15) is 0 Å². The Balaban J connectivity index is 0.912. The van der Waals surface area contributed by atoms with E-state index in [1.807, 2.05) is 0 Å². The molecule has 4 aliphatic rings. The van der Waals surface area contributed by atoms with Gasteiger partial charge in [-0.15, -0.1) is 0 Å². The summed E-state index contributed by atoms with van der Waals surface area (Å²) >= 11 is 0. The molecule has 2 aliphatic carbocycles. The van der Waals surface area contributed by atoms with Crippen molar-refractivity contribution in [2.45, 2.75) is 44.4 Å². The second-order valence-corrected chi connectivity index (χ2v) is 19.9. The maximum absolute atomic E-state index is 2.59. The van der Waals surface area contributed by atoms with Crippen LogP contribution in [0, 0.1) is 5.92 Å². The predicted molar refractivity (Wildman–Crippen MR) is 257 cm³/mol. The standard InChI is InChI=1S/C57H47N2P/c1-57(2)50-34-39(24-28-46(50)47-29-26-43(37-51(47)57)58-32-12-16-40-13-6-9-19-52(40)58)23-22-38-25-30-55-48(33-38)49-36-44(27-31-56(49)60(55)45-17-4-3-5-18-45)59-53-20-10-7-14-41(53)35-42-15-8-11-21-54(42)59/h3-11,13-15,17-31,33-34,36-37,47,51H,12,16,32,35H2,1-2H3/b23-22+. The van der Waals surface area contributed by atoms with Crippen LogP contribution in [-0.2, 0) is 18.3 Å². The van der Waals surface area contributed by atoms with Crippen LogP contribution < -0.4 is 9.80 Å². The van der Waals surface area contributed by atoms with Gasteiger partial charge in [0.1, 0.15) is 0 Å². The van der Waals surface area contributed by atoms with Gasteiger partial charge < -0.3 is 9.80 Å². The lowest BCUT2D eigenvalue weighted by atomic mass is 9.74. The molecule has 3 heteroatoms. The summed E-state index contributed by atoms with van der Waals surface area (Å²) in [6.07, 6.45) is 15.4. The van der Waals surface area contributed by atoms with E-state index in [4.69, 9.17) is 0 Å². The summed E-state index contributed by atoms with van der Waals surface area (Å²) in [4.78, 5) is 5.04. The first-order valence-electron chi connectivity index (χ1n) is 21.7. The molecule has 1 aromatic heterocycles. The maximum Gasteiger partial charge on any atom is 0.0497 e. The lowest BCUT2D eigenvalue weighted by molar-refractivity contribution is 0.391. The van der Waals surface area contributed by atoms with Gasteiger partial charge in [-0.1, -0.05) is 155 Å². The number of rotatable bonds is 5. The molecule has 2 aliphatic heterocycles. The van der Waals surface area contributed by atoms with Crippen LogP contribution in [0.1, 0.15) is 65.1 Å². The smallest absolute Gasteiger partial charge is 0.0497 e. The quantitative estimate of drug-likeness (QED) is 0.160.